The van der Waals surface area contributed by atoms with Crippen LogP contribution in [0.15, 0.2) is 18.3 Å². The molecule has 0 amide bonds. The van der Waals surface area contributed by atoms with Gasteiger partial charge in [-0.15, -0.1) is 0 Å². The van der Waals surface area contributed by atoms with E-state index < -0.39 is 0 Å². The number of hydrogen-bond donors (Lipinski definition) is 2. The molecule has 0 aromatic carbocycles. The molecule has 1 heterocycles. The van der Waals surface area contributed by atoms with Crippen LogP contribution < -0.4 is 5.48 Å². The minimum Gasteiger partial charge on any atom is -0.290 e. The molecule has 3 nitrogen and oxygen atoms in total. The Bertz CT molecular complexity index is 248. The lowest BCUT2D eigenvalue weighted by atomic mass is 9.88. The highest BCUT2D eigenvalue weighted by Gasteiger charge is 2.13. The second-order valence-corrected chi connectivity index (χ2v) is 3.79. The smallest absolute Gasteiger partial charge is 0.149 e. The van der Waals surface area contributed by atoms with Crippen molar-refractivity contribution in [2.75, 3.05) is 5.48 Å². The van der Waals surface area contributed by atoms with Gasteiger partial charge in [0, 0.05) is 6.20 Å². The summed E-state index contributed by atoms with van der Waals surface area (Å²) >= 11 is 0. The number of nitrogens with one attached hydrogen (secondary N) is 1. The molecule has 2 N–H and O–H groups in total. The van der Waals surface area contributed by atoms with Gasteiger partial charge in [0.15, 0.2) is 0 Å². The number of aromatic nitrogens is 1. The van der Waals surface area contributed by atoms with Crippen LogP contribution in [0, 0.1) is 0 Å². The average molecular weight is 166 g/mol. The molecule has 12 heavy (non-hydrogen) atoms. The van der Waals surface area contributed by atoms with Gasteiger partial charge in [-0.1, -0.05) is 26.8 Å². The summed E-state index contributed by atoms with van der Waals surface area (Å²) in [6, 6.07) is 3.70. The minimum atomic E-state index is 0.112. The van der Waals surface area contributed by atoms with Crippen LogP contribution >= 0.6 is 0 Å². The second-order valence-electron chi connectivity index (χ2n) is 3.79. The molecular formula is C9H14N2O. The first-order valence-electron chi connectivity index (χ1n) is 3.90. The number of rotatable bonds is 1. The SMILES string of the molecule is CC(C)(C)c1ccc(NO)nc1. The summed E-state index contributed by atoms with van der Waals surface area (Å²) in [5.41, 5.74) is 3.26. The summed E-state index contributed by atoms with van der Waals surface area (Å²) < 4.78 is 0. The number of pyridine rings is 1. The highest BCUT2D eigenvalue weighted by atomic mass is 16.5. The first-order valence-corrected chi connectivity index (χ1v) is 3.90. The van der Waals surface area contributed by atoms with Crippen LogP contribution in [0.5, 0.6) is 0 Å². The second kappa shape index (κ2) is 3.11. The average Bonchev–Trinajstić information content (AvgIpc) is 2.03. The largest absolute Gasteiger partial charge is 0.290 e. The lowest BCUT2D eigenvalue weighted by molar-refractivity contribution is 0.385. The highest BCUT2D eigenvalue weighted by Crippen LogP contribution is 2.21. The molecule has 0 saturated carbocycles. The fraction of sp³-hybridized carbons (Fsp3) is 0.444. The van der Waals surface area contributed by atoms with Crippen LogP contribution in [-0.2, 0) is 5.41 Å². The van der Waals surface area contributed by atoms with Crippen LogP contribution in [0.25, 0.3) is 0 Å². The third-order valence-corrected chi connectivity index (χ3v) is 1.74. The van der Waals surface area contributed by atoms with Gasteiger partial charge in [-0.05, 0) is 17.0 Å². The Hall–Kier alpha value is -1.09. The predicted octanol–water partition coefficient (Wildman–Crippen LogP) is 2.18. The standard InChI is InChI=1S/C9H14N2O/c1-9(2,3)7-4-5-8(11-12)10-6-7/h4-6,12H,1-3H3,(H,10,11). The van der Waals surface area contributed by atoms with Crippen LogP contribution in [0.1, 0.15) is 26.3 Å². The summed E-state index contributed by atoms with van der Waals surface area (Å²) in [5.74, 6) is 0.475. The minimum absolute atomic E-state index is 0.112. The van der Waals surface area contributed by atoms with E-state index in [4.69, 9.17) is 5.21 Å². The topological polar surface area (TPSA) is 45.1 Å². The molecule has 0 radical (unpaired) electrons. The van der Waals surface area contributed by atoms with Gasteiger partial charge in [0.25, 0.3) is 0 Å². The van der Waals surface area contributed by atoms with Crippen LogP contribution in [0.3, 0.4) is 0 Å². The van der Waals surface area contributed by atoms with Crippen LogP contribution in [0.4, 0.5) is 5.82 Å². The lowest BCUT2D eigenvalue weighted by Crippen LogP contribution is -2.11. The highest BCUT2D eigenvalue weighted by molar-refractivity contribution is 5.34. The molecule has 1 rings (SSSR count). The van der Waals surface area contributed by atoms with Gasteiger partial charge in [-0.25, -0.2) is 4.98 Å². The monoisotopic (exact) mass is 166 g/mol. The van der Waals surface area contributed by atoms with Crippen molar-refractivity contribution in [3.63, 3.8) is 0 Å². The van der Waals surface area contributed by atoms with Crippen molar-refractivity contribution in [1.82, 2.24) is 4.98 Å². The van der Waals surface area contributed by atoms with E-state index in [-0.39, 0.29) is 5.41 Å². The van der Waals surface area contributed by atoms with E-state index in [2.05, 4.69) is 25.8 Å². The van der Waals surface area contributed by atoms with Crippen LogP contribution in [-0.4, -0.2) is 10.2 Å². The van der Waals surface area contributed by atoms with Gasteiger partial charge in [0.05, 0.1) is 0 Å². The molecule has 1 aromatic rings. The molecule has 1 aromatic heterocycles. The Balaban J connectivity index is 2.93. The van der Waals surface area contributed by atoms with Crippen molar-refractivity contribution >= 4 is 5.82 Å². The van der Waals surface area contributed by atoms with Crippen LogP contribution in [0.2, 0.25) is 0 Å². The predicted molar refractivity (Wildman–Crippen MR) is 48.3 cm³/mol. The van der Waals surface area contributed by atoms with E-state index in [1.807, 2.05) is 11.5 Å². The van der Waals surface area contributed by atoms with Crippen molar-refractivity contribution in [1.29, 1.82) is 0 Å². The third kappa shape index (κ3) is 1.95. The van der Waals surface area contributed by atoms with Gasteiger partial charge in [0.2, 0.25) is 0 Å². The molecule has 0 spiro atoms. The molecule has 0 atom stereocenters. The Morgan fingerprint density at radius 1 is 1.33 bits per heavy atom. The van der Waals surface area contributed by atoms with E-state index in [0.29, 0.717) is 5.82 Å². The normalized spacial score (nSPS) is 11.3. The Labute approximate surface area is 72.4 Å². The molecule has 0 saturated heterocycles. The van der Waals surface area contributed by atoms with Gasteiger partial charge in [-0.3, -0.25) is 10.7 Å². The molecule has 0 aliphatic heterocycles. The van der Waals surface area contributed by atoms with Gasteiger partial charge in [0.1, 0.15) is 5.82 Å². The summed E-state index contributed by atoms with van der Waals surface area (Å²) in [6.07, 6.45) is 1.76. The third-order valence-electron chi connectivity index (χ3n) is 1.74. The van der Waals surface area contributed by atoms with Crippen molar-refractivity contribution in [3.8, 4) is 0 Å². The fourth-order valence-corrected chi connectivity index (χ4v) is 0.904. The Kier molecular flexibility index (Phi) is 2.33. The van der Waals surface area contributed by atoms with Crippen molar-refractivity contribution in [3.05, 3.63) is 23.9 Å². The summed E-state index contributed by atoms with van der Waals surface area (Å²) in [4.78, 5) is 4.00. The number of hydrogen-bond acceptors (Lipinski definition) is 3. The fourth-order valence-electron chi connectivity index (χ4n) is 0.904. The van der Waals surface area contributed by atoms with Crippen molar-refractivity contribution in [2.45, 2.75) is 26.2 Å². The van der Waals surface area contributed by atoms with Gasteiger partial charge >= 0.3 is 0 Å². The molecular weight excluding hydrogens is 152 g/mol. The summed E-state index contributed by atoms with van der Waals surface area (Å²) in [6.45, 7) is 6.36. The van der Waals surface area contributed by atoms with E-state index in [9.17, 15) is 0 Å². The zero-order valence-electron chi connectivity index (χ0n) is 7.63. The Morgan fingerprint density at radius 2 is 2.00 bits per heavy atom. The maximum absolute atomic E-state index is 8.52. The van der Waals surface area contributed by atoms with E-state index in [1.165, 1.54) is 0 Å². The molecule has 66 valence electrons. The van der Waals surface area contributed by atoms with E-state index in [1.54, 1.807) is 12.3 Å². The number of nitrogens with zero attached hydrogens (tertiary/aromatic N) is 1. The van der Waals surface area contributed by atoms with Crippen molar-refractivity contribution in [2.24, 2.45) is 0 Å². The number of anilines is 1. The zero-order chi connectivity index (χ0) is 9.19. The maximum Gasteiger partial charge on any atom is 0.149 e. The summed E-state index contributed by atoms with van der Waals surface area (Å²) in [5, 5.41) is 8.52. The first-order chi connectivity index (χ1) is 5.54. The lowest BCUT2D eigenvalue weighted by Gasteiger charge is -2.18. The van der Waals surface area contributed by atoms with Gasteiger partial charge in [-0.2, -0.15) is 0 Å². The quantitative estimate of drug-likeness (QED) is 0.628. The molecule has 0 fully saturated rings. The van der Waals surface area contributed by atoms with E-state index >= 15 is 0 Å². The zero-order valence-corrected chi connectivity index (χ0v) is 7.63. The molecule has 0 unspecified atom stereocenters. The summed E-state index contributed by atoms with van der Waals surface area (Å²) in [7, 11) is 0. The Morgan fingerprint density at radius 3 is 2.33 bits per heavy atom. The molecule has 0 aliphatic rings. The maximum atomic E-state index is 8.52. The molecule has 0 bridgehead atoms. The first kappa shape index (κ1) is 9.00. The van der Waals surface area contributed by atoms with Gasteiger partial charge < -0.3 is 0 Å². The molecule has 3 heteroatoms. The van der Waals surface area contributed by atoms with Crippen molar-refractivity contribution < 1.29 is 5.21 Å². The van der Waals surface area contributed by atoms with E-state index in [0.717, 1.165) is 5.56 Å². The molecule has 0 aliphatic carbocycles.